The normalized spacial score (nSPS) is 23.2. The fourth-order valence-corrected chi connectivity index (χ4v) is 4.20. The first-order valence-electron chi connectivity index (χ1n) is 7.05. The van der Waals surface area contributed by atoms with Crippen molar-refractivity contribution in [2.75, 3.05) is 0 Å². The zero-order valence-electron chi connectivity index (χ0n) is 11.9. The topological polar surface area (TPSA) is 72.2 Å². The third kappa shape index (κ3) is 3.59. The molecule has 1 saturated carbocycles. The van der Waals surface area contributed by atoms with Crippen molar-refractivity contribution >= 4 is 10.0 Å². The average molecular weight is 318 g/mol. The molecule has 4 nitrogen and oxygen atoms in total. The highest BCUT2D eigenvalue weighted by Gasteiger charge is 2.29. The van der Waals surface area contributed by atoms with Gasteiger partial charge in [0.05, 0.1) is 0 Å². The van der Waals surface area contributed by atoms with Crippen LogP contribution in [0.25, 0.3) is 0 Å². The van der Waals surface area contributed by atoms with Crippen LogP contribution in [0.15, 0.2) is 17.0 Å². The Bertz CT molecular complexity index is 620. The van der Waals surface area contributed by atoms with Crippen molar-refractivity contribution in [1.82, 2.24) is 4.72 Å². The number of nitrogens with two attached hydrogens (primary N) is 1. The van der Waals surface area contributed by atoms with Crippen LogP contribution in [-0.4, -0.2) is 14.5 Å². The molecule has 21 heavy (non-hydrogen) atoms. The molecule has 0 radical (unpaired) electrons. The first-order chi connectivity index (χ1) is 9.85. The van der Waals surface area contributed by atoms with Crippen molar-refractivity contribution in [1.29, 1.82) is 0 Å². The Morgan fingerprint density at radius 1 is 1.29 bits per heavy atom. The van der Waals surface area contributed by atoms with Gasteiger partial charge in [0, 0.05) is 12.6 Å². The lowest BCUT2D eigenvalue weighted by atomic mass is 9.87. The number of nitrogens with one attached hydrogen (secondary N) is 1. The summed E-state index contributed by atoms with van der Waals surface area (Å²) in [5, 5.41) is 0. The first-order valence-corrected chi connectivity index (χ1v) is 8.54. The molecule has 0 heterocycles. The minimum atomic E-state index is -4.10. The van der Waals surface area contributed by atoms with E-state index in [2.05, 4.69) is 4.72 Å². The standard InChI is InChI=1S/C14H20F2N2O2S/c1-9-4-2-3-5-12(9)18-21(19,20)13-7-10(8-17)6-11(15)14(13)16/h6-7,9,12,18H,2-5,8,17H2,1H3. The quantitative estimate of drug-likeness (QED) is 0.894. The van der Waals surface area contributed by atoms with Crippen LogP contribution in [0.2, 0.25) is 0 Å². The van der Waals surface area contributed by atoms with E-state index in [-0.39, 0.29) is 24.1 Å². The molecule has 0 aliphatic heterocycles. The lowest BCUT2D eigenvalue weighted by molar-refractivity contribution is 0.310. The first kappa shape index (κ1) is 16.3. The smallest absolute Gasteiger partial charge is 0.243 e. The SMILES string of the molecule is CC1CCCCC1NS(=O)(=O)c1cc(CN)cc(F)c1F. The Morgan fingerprint density at radius 2 is 1.95 bits per heavy atom. The number of benzene rings is 1. The van der Waals surface area contributed by atoms with Crippen molar-refractivity contribution < 1.29 is 17.2 Å². The summed E-state index contributed by atoms with van der Waals surface area (Å²) in [4.78, 5) is -0.666. The molecule has 1 aliphatic rings. The third-order valence-corrected chi connectivity index (χ3v) is 5.49. The van der Waals surface area contributed by atoms with Crippen LogP contribution in [0.4, 0.5) is 8.78 Å². The second kappa shape index (κ2) is 6.37. The van der Waals surface area contributed by atoms with Gasteiger partial charge in [-0.3, -0.25) is 0 Å². The lowest BCUT2D eigenvalue weighted by Crippen LogP contribution is -2.41. The monoisotopic (exact) mass is 318 g/mol. The van der Waals surface area contributed by atoms with Gasteiger partial charge in [-0.1, -0.05) is 19.8 Å². The summed E-state index contributed by atoms with van der Waals surface area (Å²) in [5.74, 6) is -2.38. The van der Waals surface area contributed by atoms with Gasteiger partial charge in [0.1, 0.15) is 4.90 Å². The van der Waals surface area contributed by atoms with Crippen LogP contribution in [0.5, 0.6) is 0 Å². The maximum atomic E-state index is 13.8. The molecule has 3 N–H and O–H groups in total. The van der Waals surface area contributed by atoms with Gasteiger partial charge in [-0.25, -0.2) is 21.9 Å². The summed E-state index contributed by atoms with van der Waals surface area (Å²) in [6.07, 6.45) is 3.62. The van der Waals surface area contributed by atoms with Crippen LogP contribution in [0.1, 0.15) is 38.2 Å². The molecule has 2 rings (SSSR count). The molecule has 0 spiro atoms. The number of hydrogen-bond acceptors (Lipinski definition) is 3. The Kier molecular flexibility index (Phi) is 4.95. The van der Waals surface area contributed by atoms with Gasteiger partial charge in [0.2, 0.25) is 10.0 Å². The summed E-state index contributed by atoms with van der Waals surface area (Å²) in [6.45, 7) is 1.90. The fraction of sp³-hybridized carbons (Fsp3) is 0.571. The molecule has 118 valence electrons. The molecule has 7 heteroatoms. The summed E-state index contributed by atoms with van der Waals surface area (Å²) >= 11 is 0. The molecule has 2 unspecified atom stereocenters. The molecule has 1 aromatic carbocycles. The van der Waals surface area contributed by atoms with Crippen molar-refractivity contribution in [3.8, 4) is 0 Å². The molecule has 1 fully saturated rings. The summed E-state index contributed by atoms with van der Waals surface area (Å²) in [5.41, 5.74) is 5.62. The average Bonchev–Trinajstić information content (AvgIpc) is 2.43. The van der Waals surface area contributed by atoms with E-state index >= 15 is 0 Å². The van der Waals surface area contributed by atoms with Crippen LogP contribution >= 0.6 is 0 Å². The fourth-order valence-electron chi connectivity index (χ4n) is 2.68. The molecule has 0 bridgehead atoms. The highest BCUT2D eigenvalue weighted by Crippen LogP contribution is 2.26. The lowest BCUT2D eigenvalue weighted by Gasteiger charge is -2.29. The number of hydrogen-bond donors (Lipinski definition) is 2. The summed E-state index contributed by atoms with van der Waals surface area (Å²) in [7, 11) is -4.10. The molecule has 0 aromatic heterocycles. The number of halogens is 2. The highest BCUT2D eigenvalue weighted by atomic mass is 32.2. The van der Waals surface area contributed by atoms with Crippen molar-refractivity contribution in [3.63, 3.8) is 0 Å². The minimum absolute atomic E-state index is 0.0560. The van der Waals surface area contributed by atoms with Crippen LogP contribution < -0.4 is 10.5 Å². The second-order valence-corrected chi connectivity index (χ2v) is 7.27. The summed E-state index contributed by atoms with van der Waals surface area (Å²) < 4.78 is 54.5. The molecule has 0 saturated heterocycles. The van der Waals surface area contributed by atoms with Crippen LogP contribution in [-0.2, 0) is 16.6 Å². The molecule has 2 atom stereocenters. The predicted molar refractivity (Wildman–Crippen MR) is 76.0 cm³/mol. The van der Waals surface area contributed by atoms with E-state index in [0.29, 0.717) is 6.42 Å². The zero-order chi connectivity index (χ0) is 15.6. The zero-order valence-corrected chi connectivity index (χ0v) is 12.7. The largest absolute Gasteiger partial charge is 0.326 e. The van der Waals surface area contributed by atoms with E-state index in [4.69, 9.17) is 5.73 Å². The third-order valence-electron chi connectivity index (χ3n) is 4.00. The van der Waals surface area contributed by atoms with Crippen LogP contribution in [0.3, 0.4) is 0 Å². The van der Waals surface area contributed by atoms with Gasteiger partial charge in [-0.05, 0) is 36.5 Å². The Hall–Kier alpha value is -1.05. The van der Waals surface area contributed by atoms with E-state index in [1.54, 1.807) is 0 Å². The van der Waals surface area contributed by atoms with E-state index in [9.17, 15) is 17.2 Å². The van der Waals surface area contributed by atoms with Gasteiger partial charge < -0.3 is 5.73 Å². The summed E-state index contributed by atoms with van der Waals surface area (Å²) in [6, 6.07) is 1.76. The van der Waals surface area contributed by atoms with Crippen molar-refractivity contribution in [3.05, 3.63) is 29.3 Å². The van der Waals surface area contributed by atoms with Gasteiger partial charge >= 0.3 is 0 Å². The number of rotatable bonds is 4. The molecule has 1 aliphatic carbocycles. The van der Waals surface area contributed by atoms with Crippen molar-refractivity contribution in [2.24, 2.45) is 11.7 Å². The van der Waals surface area contributed by atoms with E-state index in [0.717, 1.165) is 31.4 Å². The van der Waals surface area contributed by atoms with Gasteiger partial charge in [-0.15, -0.1) is 0 Å². The maximum absolute atomic E-state index is 13.8. The maximum Gasteiger partial charge on any atom is 0.243 e. The second-order valence-electron chi connectivity index (χ2n) is 5.58. The van der Waals surface area contributed by atoms with Crippen LogP contribution in [0, 0.1) is 17.6 Å². The minimum Gasteiger partial charge on any atom is -0.326 e. The Morgan fingerprint density at radius 3 is 2.57 bits per heavy atom. The van der Waals surface area contributed by atoms with Gasteiger partial charge in [-0.2, -0.15) is 0 Å². The van der Waals surface area contributed by atoms with E-state index in [1.165, 1.54) is 0 Å². The van der Waals surface area contributed by atoms with Gasteiger partial charge in [0.25, 0.3) is 0 Å². The molecule has 0 amide bonds. The van der Waals surface area contributed by atoms with Crippen molar-refractivity contribution in [2.45, 2.75) is 50.1 Å². The predicted octanol–water partition coefficient (Wildman–Crippen LogP) is 2.28. The van der Waals surface area contributed by atoms with Gasteiger partial charge in [0.15, 0.2) is 11.6 Å². The molecular formula is C14H20F2N2O2S. The van der Waals surface area contributed by atoms with E-state index < -0.39 is 26.6 Å². The number of sulfonamides is 1. The highest BCUT2D eigenvalue weighted by molar-refractivity contribution is 7.89. The molecule has 1 aromatic rings. The molecular weight excluding hydrogens is 298 g/mol. The Balaban J connectivity index is 2.33. The van der Waals surface area contributed by atoms with E-state index in [1.807, 2.05) is 6.92 Å². The Labute approximate surface area is 123 Å².